The van der Waals surface area contributed by atoms with Crippen LogP contribution in [0.1, 0.15) is 21.5 Å². The summed E-state index contributed by atoms with van der Waals surface area (Å²) < 4.78 is 0. The zero-order chi connectivity index (χ0) is 9.84. The van der Waals surface area contributed by atoms with Gasteiger partial charge in [0.1, 0.15) is 12.0 Å². The van der Waals surface area contributed by atoms with Gasteiger partial charge in [0.2, 0.25) is 0 Å². The summed E-state index contributed by atoms with van der Waals surface area (Å²) in [5, 5.41) is 9.51. The average Bonchev–Trinajstić information content (AvgIpc) is 2.12. The lowest BCUT2D eigenvalue weighted by atomic mass is 10.0. The van der Waals surface area contributed by atoms with Crippen LogP contribution in [0, 0.1) is 6.92 Å². The van der Waals surface area contributed by atoms with Crippen molar-refractivity contribution in [1.82, 2.24) is 0 Å². The number of aldehydes is 2. The van der Waals surface area contributed by atoms with Crippen LogP contribution < -0.4 is 0 Å². The molecule has 1 N–H and O–H groups in total. The second-order valence-corrected chi connectivity index (χ2v) is 2.79. The summed E-state index contributed by atoms with van der Waals surface area (Å²) in [6.45, 7) is 1.78. The van der Waals surface area contributed by atoms with Gasteiger partial charge in [-0.05, 0) is 18.6 Å². The third-order valence-electron chi connectivity index (χ3n) is 1.96. The van der Waals surface area contributed by atoms with Gasteiger partial charge in [-0.2, -0.15) is 0 Å². The van der Waals surface area contributed by atoms with Gasteiger partial charge in [-0.15, -0.1) is 0 Å². The van der Waals surface area contributed by atoms with E-state index in [1.54, 1.807) is 13.0 Å². The summed E-state index contributed by atoms with van der Waals surface area (Å²) >= 11 is 0. The van der Waals surface area contributed by atoms with Crippen LogP contribution in [0.15, 0.2) is 12.1 Å². The quantitative estimate of drug-likeness (QED) is 0.709. The van der Waals surface area contributed by atoms with Crippen molar-refractivity contribution < 1.29 is 14.7 Å². The van der Waals surface area contributed by atoms with E-state index in [0.717, 1.165) is 5.56 Å². The summed E-state index contributed by atoms with van der Waals surface area (Å²) in [6.07, 6.45) is 1.42. The highest BCUT2D eigenvalue weighted by molar-refractivity contribution is 5.81. The van der Waals surface area contributed by atoms with Gasteiger partial charge in [-0.25, -0.2) is 0 Å². The minimum atomic E-state index is -0.0814. The lowest BCUT2D eigenvalue weighted by Gasteiger charge is -2.06. The number of rotatable bonds is 3. The lowest BCUT2D eigenvalue weighted by molar-refractivity contribution is -0.107. The van der Waals surface area contributed by atoms with Gasteiger partial charge in [0.25, 0.3) is 0 Å². The molecule has 1 aromatic rings. The van der Waals surface area contributed by atoms with Gasteiger partial charge in [0.05, 0.1) is 5.56 Å². The summed E-state index contributed by atoms with van der Waals surface area (Å²) in [7, 11) is 0. The molecule has 0 bridgehead atoms. The second kappa shape index (κ2) is 3.85. The SMILES string of the molecule is Cc1ccc(C=O)c(O)c1CC=O. The van der Waals surface area contributed by atoms with Gasteiger partial charge in [0, 0.05) is 12.0 Å². The Bertz CT molecular complexity index is 342. The van der Waals surface area contributed by atoms with E-state index < -0.39 is 0 Å². The molecule has 0 atom stereocenters. The minimum Gasteiger partial charge on any atom is -0.507 e. The first kappa shape index (κ1) is 9.45. The van der Waals surface area contributed by atoms with Crippen LogP contribution in [0.3, 0.4) is 0 Å². The van der Waals surface area contributed by atoms with Crippen molar-refractivity contribution in [1.29, 1.82) is 0 Å². The number of carbonyl (C=O) groups is 2. The number of aryl methyl sites for hydroxylation is 1. The highest BCUT2D eigenvalue weighted by atomic mass is 16.3. The average molecular weight is 178 g/mol. The molecule has 3 heteroatoms. The third kappa shape index (κ3) is 1.75. The van der Waals surface area contributed by atoms with Gasteiger partial charge < -0.3 is 9.90 Å². The topological polar surface area (TPSA) is 54.4 Å². The van der Waals surface area contributed by atoms with Crippen LogP contribution in [-0.2, 0) is 11.2 Å². The molecule has 0 unspecified atom stereocenters. The van der Waals surface area contributed by atoms with Crippen molar-refractivity contribution >= 4 is 12.6 Å². The Kier molecular flexibility index (Phi) is 2.80. The fraction of sp³-hybridized carbons (Fsp3) is 0.200. The summed E-state index contributed by atoms with van der Waals surface area (Å²) in [4.78, 5) is 20.7. The highest BCUT2D eigenvalue weighted by Crippen LogP contribution is 2.24. The molecule has 0 spiro atoms. The number of phenols is 1. The Morgan fingerprint density at radius 3 is 2.62 bits per heavy atom. The van der Waals surface area contributed by atoms with Crippen LogP contribution in [0.5, 0.6) is 5.75 Å². The van der Waals surface area contributed by atoms with E-state index in [-0.39, 0.29) is 17.7 Å². The van der Waals surface area contributed by atoms with Crippen LogP contribution in [0.25, 0.3) is 0 Å². The van der Waals surface area contributed by atoms with E-state index in [1.165, 1.54) is 6.07 Å². The van der Waals surface area contributed by atoms with Crippen molar-refractivity contribution in [3.63, 3.8) is 0 Å². The molecule has 0 aliphatic carbocycles. The summed E-state index contributed by atoms with van der Waals surface area (Å²) in [5.74, 6) is -0.0814. The zero-order valence-corrected chi connectivity index (χ0v) is 7.28. The van der Waals surface area contributed by atoms with Crippen LogP contribution >= 0.6 is 0 Å². The van der Waals surface area contributed by atoms with Crippen molar-refractivity contribution in [2.24, 2.45) is 0 Å². The smallest absolute Gasteiger partial charge is 0.153 e. The Balaban J connectivity index is 3.28. The molecule has 0 aromatic heterocycles. The van der Waals surface area contributed by atoms with E-state index in [9.17, 15) is 14.7 Å². The van der Waals surface area contributed by atoms with Gasteiger partial charge in [0.15, 0.2) is 6.29 Å². The molecular weight excluding hydrogens is 168 g/mol. The van der Waals surface area contributed by atoms with Crippen molar-refractivity contribution in [3.8, 4) is 5.75 Å². The van der Waals surface area contributed by atoms with Crippen LogP contribution in [0.2, 0.25) is 0 Å². The molecule has 0 saturated heterocycles. The molecular formula is C10H10O3. The van der Waals surface area contributed by atoms with Crippen molar-refractivity contribution in [2.45, 2.75) is 13.3 Å². The second-order valence-electron chi connectivity index (χ2n) is 2.79. The lowest BCUT2D eigenvalue weighted by Crippen LogP contribution is -1.94. The van der Waals surface area contributed by atoms with E-state index in [2.05, 4.69) is 0 Å². The first-order valence-electron chi connectivity index (χ1n) is 3.91. The van der Waals surface area contributed by atoms with E-state index in [1.807, 2.05) is 0 Å². The van der Waals surface area contributed by atoms with E-state index >= 15 is 0 Å². The molecule has 0 aliphatic rings. The molecule has 0 heterocycles. The maximum atomic E-state index is 10.4. The Hall–Kier alpha value is -1.64. The van der Waals surface area contributed by atoms with Gasteiger partial charge >= 0.3 is 0 Å². The number of carbonyl (C=O) groups excluding carboxylic acids is 2. The van der Waals surface area contributed by atoms with Gasteiger partial charge in [-0.1, -0.05) is 6.07 Å². The standard InChI is InChI=1S/C10H10O3/c1-7-2-3-8(6-12)10(13)9(7)4-5-11/h2-3,5-6,13H,4H2,1H3. The molecule has 0 saturated carbocycles. The first-order valence-corrected chi connectivity index (χ1v) is 3.91. The molecule has 0 amide bonds. The molecule has 1 rings (SSSR count). The summed E-state index contributed by atoms with van der Waals surface area (Å²) in [5.41, 5.74) is 1.57. The Morgan fingerprint density at radius 1 is 1.38 bits per heavy atom. The molecule has 0 radical (unpaired) electrons. The Labute approximate surface area is 76.0 Å². The molecule has 1 aromatic carbocycles. The Morgan fingerprint density at radius 2 is 2.08 bits per heavy atom. The van der Waals surface area contributed by atoms with E-state index in [0.29, 0.717) is 18.1 Å². The number of phenolic OH excluding ortho intramolecular Hbond substituents is 1. The number of aromatic hydroxyl groups is 1. The highest BCUT2D eigenvalue weighted by Gasteiger charge is 2.08. The zero-order valence-electron chi connectivity index (χ0n) is 7.28. The van der Waals surface area contributed by atoms with Crippen LogP contribution in [0.4, 0.5) is 0 Å². The fourth-order valence-electron chi connectivity index (χ4n) is 1.19. The number of hydrogen-bond donors (Lipinski definition) is 1. The monoisotopic (exact) mass is 178 g/mol. The molecule has 0 fully saturated rings. The van der Waals surface area contributed by atoms with Crippen molar-refractivity contribution in [2.75, 3.05) is 0 Å². The predicted molar refractivity (Wildman–Crippen MR) is 48.0 cm³/mol. The predicted octanol–water partition coefficient (Wildman–Crippen LogP) is 1.25. The molecule has 0 aliphatic heterocycles. The minimum absolute atomic E-state index is 0.0814. The first-order chi connectivity index (χ1) is 6.20. The fourth-order valence-corrected chi connectivity index (χ4v) is 1.19. The van der Waals surface area contributed by atoms with Crippen LogP contribution in [-0.4, -0.2) is 17.7 Å². The normalized spacial score (nSPS) is 9.62. The third-order valence-corrected chi connectivity index (χ3v) is 1.96. The molecule has 3 nitrogen and oxygen atoms in total. The maximum absolute atomic E-state index is 10.4. The number of hydrogen-bond acceptors (Lipinski definition) is 3. The van der Waals surface area contributed by atoms with E-state index in [4.69, 9.17) is 0 Å². The molecule has 68 valence electrons. The van der Waals surface area contributed by atoms with Crippen molar-refractivity contribution in [3.05, 3.63) is 28.8 Å². The number of benzene rings is 1. The molecule has 13 heavy (non-hydrogen) atoms. The van der Waals surface area contributed by atoms with Gasteiger partial charge in [-0.3, -0.25) is 4.79 Å². The summed E-state index contributed by atoms with van der Waals surface area (Å²) in [6, 6.07) is 3.24. The largest absolute Gasteiger partial charge is 0.507 e. The maximum Gasteiger partial charge on any atom is 0.153 e.